The van der Waals surface area contributed by atoms with Crippen LogP contribution in [0.3, 0.4) is 0 Å². The van der Waals surface area contributed by atoms with Gasteiger partial charge in [0.25, 0.3) is 5.91 Å². The Morgan fingerprint density at radius 2 is 1.94 bits per heavy atom. The van der Waals surface area contributed by atoms with Gasteiger partial charge in [-0.15, -0.1) is 0 Å². The molecule has 0 spiro atoms. The maximum absolute atomic E-state index is 14.2. The first kappa shape index (κ1) is 22.4. The van der Waals surface area contributed by atoms with E-state index in [-0.39, 0.29) is 11.0 Å². The number of halogens is 1. The summed E-state index contributed by atoms with van der Waals surface area (Å²) >= 11 is 0. The number of imidazole rings is 1. The van der Waals surface area contributed by atoms with Gasteiger partial charge in [-0.25, -0.2) is 13.9 Å². The quantitative estimate of drug-likeness (QED) is 0.444. The van der Waals surface area contributed by atoms with Gasteiger partial charge in [0.05, 0.1) is 16.6 Å². The number of nitrogens with two attached hydrogens (primary N) is 1. The largest absolute Gasteiger partial charge is 0.473 e. The third-order valence-corrected chi connectivity index (χ3v) is 7.11. The number of fused-ring (bicyclic) bond motifs is 3. The summed E-state index contributed by atoms with van der Waals surface area (Å²) in [5.74, 6) is -0.625. The van der Waals surface area contributed by atoms with Gasteiger partial charge in [0.2, 0.25) is 5.88 Å². The van der Waals surface area contributed by atoms with E-state index in [4.69, 9.17) is 15.5 Å². The van der Waals surface area contributed by atoms with Gasteiger partial charge >= 0.3 is 0 Å². The second-order valence-corrected chi connectivity index (χ2v) is 9.74. The first-order valence-electron chi connectivity index (χ1n) is 11.7. The number of nitrogens with zero attached hydrogens (tertiary/aromatic N) is 3. The molecule has 1 aliphatic heterocycles. The third kappa shape index (κ3) is 3.81. The lowest BCUT2D eigenvalue weighted by Gasteiger charge is -2.41. The highest BCUT2D eigenvalue weighted by molar-refractivity contribution is 6.05. The zero-order chi connectivity index (χ0) is 24.0. The van der Waals surface area contributed by atoms with E-state index in [2.05, 4.69) is 30.8 Å². The minimum atomic E-state index is -0.703. The number of H-pyrrole nitrogens is 1. The number of carbonyl (C=O) groups excluding carboxylic acids is 1. The molecule has 0 unspecified atom stereocenters. The standard InChI is InChI=1S/C26H30FN5O2/c1-16(2)31-11-9-26(3,10-12-31)21-24-29-20-14-18(27)13-19(23(28)33)22(20)32(24)30-25(21)34-15-17-7-5-4-6-8-17/h4-8,13-14,16,30H,9-12,15H2,1-3H3,(H2,28,33). The molecule has 0 bridgehead atoms. The number of piperidine rings is 1. The van der Waals surface area contributed by atoms with Gasteiger partial charge in [0.15, 0.2) is 5.65 Å². The summed E-state index contributed by atoms with van der Waals surface area (Å²) < 4.78 is 22.3. The van der Waals surface area contributed by atoms with Crippen LogP contribution in [0.15, 0.2) is 42.5 Å². The zero-order valence-electron chi connectivity index (χ0n) is 19.8. The number of amides is 1. The summed E-state index contributed by atoms with van der Waals surface area (Å²) in [5.41, 5.74) is 8.98. The molecule has 2 aromatic heterocycles. The second-order valence-electron chi connectivity index (χ2n) is 9.74. The summed E-state index contributed by atoms with van der Waals surface area (Å²) in [5, 5.41) is 3.32. The molecular weight excluding hydrogens is 433 g/mol. The van der Waals surface area contributed by atoms with Crippen molar-refractivity contribution in [1.82, 2.24) is 19.5 Å². The number of nitrogens with one attached hydrogen (secondary N) is 1. The molecule has 34 heavy (non-hydrogen) atoms. The number of ether oxygens (including phenoxy) is 1. The molecule has 3 N–H and O–H groups in total. The smallest absolute Gasteiger partial charge is 0.251 e. The van der Waals surface area contributed by atoms with Crippen LogP contribution < -0.4 is 10.5 Å². The van der Waals surface area contributed by atoms with Gasteiger partial charge < -0.3 is 15.4 Å². The molecule has 3 heterocycles. The van der Waals surface area contributed by atoms with Crippen LogP contribution in [0.25, 0.3) is 16.7 Å². The number of hydrogen-bond acceptors (Lipinski definition) is 4. The van der Waals surface area contributed by atoms with Crippen LogP contribution in [0, 0.1) is 5.82 Å². The van der Waals surface area contributed by atoms with Gasteiger partial charge in [0.1, 0.15) is 17.9 Å². The number of hydrogen-bond donors (Lipinski definition) is 2. The Hall–Kier alpha value is -3.39. The lowest BCUT2D eigenvalue weighted by Crippen LogP contribution is -2.44. The first-order chi connectivity index (χ1) is 16.3. The van der Waals surface area contributed by atoms with Crippen molar-refractivity contribution in [2.24, 2.45) is 5.73 Å². The van der Waals surface area contributed by atoms with Crippen molar-refractivity contribution in [2.75, 3.05) is 13.1 Å². The number of carbonyl (C=O) groups is 1. The van der Waals surface area contributed by atoms with E-state index in [1.807, 2.05) is 30.3 Å². The fourth-order valence-corrected chi connectivity index (χ4v) is 5.06. The van der Waals surface area contributed by atoms with Gasteiger partial charge in [-0.1, -0.05) is 37.3 Å². The molecule has 1 saturated heterocycles. The second kappa shape index (κ2) is 8.43. The van der Waals surface area contributed by atoms with Crippen LogP contribution >= 0.6 is 0 Å². The van der Waals surface area contributed by atoms with Crippen LogP contribution in [0.5, 0.6) is 5.88 Å². The predicted molar refractivity (Wildman–Crippen MR) is 130 cm³/mol. The molecule has 8 heteroatoms. The van der Waals surface area contributed by atoms with E-state index in [1.165, 1.54) is 6.07 Å². The third-order valence-electron chi connectivity index (χ3n) is 7.11. The summed E-state index contributed by atoms with van der Waals surface area (Å²) in [7, 11) is 0. The molecule has 178 valence electrons. The lowest BCUT2D eigenvalue weighted by atomic mass is 9.75. The monoisotopic (exact) mass is 463 g/mol. The van der Waals surface area contributed by atoms with Gasteiger partial charge in [-0.2, -0.15) is 0 Å². The molecule has 0 saturated carbocycles. The molecule has 0 aliphatic carbocycles. The van der Waals surface area contributed by atoms with Crippen molar-refractivity contribution in [1.29, 1.82) is 0 Å². The van der Waals surface area contributed by atoms with E-state index in [0.29, 0.717) is 35.2 Å². The summed E-state index contributed by atoms with van der Waals surface area (Å²) in [6, 6.07) is 12.9. The number of aromatic amines is 1. The number of aromatic nitrogens is 3. The molecule has 1 aliphatic rings. The van der Waals surface area contributed by atoms with Crippen LogP contribution in [-0.4, -0.2) is 44.5 Å². The van der Waals surface area contributed by atoms with E-state index in [0.717, 1.165) is 43.1 Å². The van der Waals surface area contributed by atoms with E-state index in [1.54, 1.807) is 4.52 Å². The van der Waals surface area contributed by atoms with Crippen molar-refractivity contribution in [3.63, 3.8) is 0 Å². The zero-order valence-corrected chi connectivity index (χ0v) is 19.8. The highest BCUT2D eigenvalue weighted by Gasteiger charge is 2.39. The van der Waals surface area contributed by atoms with Crippen LogP contribution in [0.1, 0.15) is 55.1 Å². The number of primary amides is 1. The van der Waals surface area contributed by atoms with Crippen LogP contribution in [0.4, 0.5) is 4.39 Å². The van der Waals surface area contributed by atoms with Gasteiger partial charge in [-0.05, 0) is 51.4 Å². The maximum atomic E-state index is 14.2. The van der Waals surface area contributed by atoms with Gasteiger partial charge in [0, 0.05) is 17.5 Å². The first-order valence-corrected chi connectivity index (χ1v) is 11.7. The molecule has 1 amide bonds. The Balaban J connectivity index is 1.65. The van der Waals surface area contributed by atoms with E-state index in [9.17, 15) is 9.18 Å². The van der Waals surface area contributed by atoms with Crippen LogP contribution in [0.2, 0.25) is 0 Å². The Bertz CT molecular complexity index is 1350. The lowest BCUT2D eigenvalue weighted by molar-refractivity contribution is 0.100. The molecule has 7 nitrogen and oxygen atoms in total. The summed E-state index contributed by atoms with van der Waals surface area (Å²) in [6.45, 7) is 8.98. The van der Waals surface area contributed by atoms with E-state index < -0.39 is 11.7 Å². The molecular formula is C26H30FN5O2. The fraction of sp³-hybridized carbons (Fsp3) is 0.385. The minimum absolute atomic E-state index is 0.0877. The SMILES string of the molecule is CC(C)N1CCC(C)(c2c(OCc3ccccc3)[nH]n3c2nc2cc(F)cc(C(N)=O)c23)CC1. The van der Waals surface area contributed by atoms with Crippen molar-refractivity contribution < 1.29 is 13.9 Å². The molecule has 0 atom stereocenters. The molecule has 4 aromatic rings. The highest BCUT2D eigenvalue weighted by Crippen LogP contribution is 2.43. The average Bonchev–Trinajstić information content (AvgIpc) is 3.33. The average molecular weight is 464 g/mol. The van der Waals surface area contributed by atoms with Crippen LogP contribution in [-0.2, 0) is 12.0 Å². The Labute approximate surface area is 197 Å². The number of rotatable bonds is 6. The van der Waals surface area contributed by atoms with E-state index >= 15 is 0 Å². The fourth-order valence-electron chi connectivity index (χ4n) is 5.06. The van der Waals surface area contributed by atoms with Crippen molar-refractivity contribution in [3.8, 4) is 5.88 Å². The Morgan fingerprint density at radius 3 is 2.59 bits per heavy atom. The minimum Gasteiger partial charge on any atom is -0.473 e. The Kier molecular flexibility index (Phi) is 5.56. The topological polar surface area (TPSA) is 88.7 Å². The number of benzene rings is 2. The molecule has 0 radical (unpaired) electrons. The highest BCUT2D eigenvalue weighted by atomic mass is 19.1. The van der Waals surface area contributed by atoms with Crippen molar-refractivity contribution >= 4 is 22.6 Å². The van der Waals surface area contributed by atoms with Crippen molar-refractivity contribution in [2.45, 2.75) is 51.7 Å². The normalized spacial score (nSPS) is 16.5. The molecule has 1 fully saturated rings. The molecule has 2 aromatic carbocycles. The summed E-state index contributed by atoms with van der Waals surface area (Å²) in [6.07, 6.45) is 1.86. The van der Waals surface area contributed by atoms with Crippen molar-refractivity contribution in [3.05, 3.63) is 65.0 Å². The molecule has 5 rings (SSSR count). The number of likely N-dealkylation sites (tertiary alicyclic amines) is 1. The maximum Gasteiger partial charge on any atom is 0.251 e. The predicted octanol–water partition coefficient (Wildman–Crippen LogP) is 4.39. The Morgan fingerprint density at radius 1 is 1.24 bits per heavy atom. The van der Waals surface area contributed by atoms with Gasteiger partial charge in [-0.3, -0.25) is 9.89 Å². The summed E-state index contributed by atoms with van der Waals surface area (Å²) in [4.78, 5) is 19.4.